The summed E-state index contributed by atoms with van der Waals surface area (Å²) < 4.78 is 5.14. The first-order chi connectivity index (χ1) is 10.0. The van der Waals surface area contributed by atoms with Crippen LogP contribution in [0.2, 0.25) is 0 Å². The fraction of sp³-hybridized carbons (Fsp3) is 0.533. The molecule has 6 nitrogen and oxygen atoms in total. The van der Waals surface area contributed by atoms with E-state index in [0.29, 0.717) is 13.2 Å². The average Bonchev–Trinajstić information content (AvgIpc) is 2.44. The molecular formula is C15H22N4O2. The molecule has 1 atom stereocenters. The maximum Gasteiger partial charge on any atom is 0.327 e. The van der Waals surface area contributed by atoms with Gasteiger partial charge < -0.3 is 10.1 Å². The van der Waals surface area contributed by atoms with Crippen LogP contribution in [0.4, 0.5) is 0 Å². The van der Waals surface area contributed by atoms with E-state index in [1.54, 1.807) is 6.92 Å². The maximum absolute atomic E-state index is 12.2. The molecule has 0 saturated carbocycles. The lowest BCUT2D eigenvalue weighted by molar-refractivity contribution is -0.145. The summed E-state index contributed by atoms with van der Waals surface area (Å²) >= 11 is 0. The van der Waals surface area contributed by atoms with E-state index in [0.717, 1.165) is 16.7 Å². The number of hydrogen-bond donors (Lipinski definition) is 1. The van der Waals surface area contributed by atoms with Gasteiger partial charge in [0, 0.05) is 18.0 Å². The van der Waals surface area contributed by atoms with Gasteiger partial charge in [-0.25, -0.2) is 4.79 Å². The van der Waals surface area contributed by atoms with Crippen molar-refractivity contribution in [3.8, 4) is 0 Å². The first kappa shape index (κ1) is 17.0. The van der Waals surface area contributed by atoms with Crippen molar-refractivity contribution in [1.82, 2.24) is 5.32 Å². The Morgan fingerprint density at radius 2 is 2.00 bits per heavy atom. The van der Waals surface area contributed by atoms with Crippen LogP contribution in [0.25, 0.3) is 10.4 Å². The summed E-state index contributed by atoms with van der Waals surface area (Å²) in [6.07, 6.45) is 0. The third-order valence-electron chi connectivity index (χ3n) is 3.34. The van der Waals surface area contributed by atoms with Crippen molar-refractivity contribution in [2.75, 3.05) is 19.7 Å². The number of aryl methyl sites for hydroxylation is 3. The van der Waals surface area contributed by atoms with Crippen molar-refractivity contribution < 1.29 is 9.53 Å². The second-order valence-corrected chi connectivity index (χ2v) is 4.89. The summed E-state index contributed by atoms with van der Waals surface area (Å²) in [6, 6.07) is 3.52. The molecular weight excluding hydrogens is 268 g/mol. The summed E-state index contributed by atoms with van der Waals surface area (Å²) in [5.74, 6) is -0.315. The molecule has 0 amide bonds. The maximum atomic E-state index is 12.2. The Hall–Kier alpha value is -2.04. The van der Waals surface area contributed by atoms with Gasteiger partial charge in [-0.3, -0.25) is 0 Å². The Bertz CT molecular complexity index is 551. The second kappa shape index (κ2) is 8.29. The monoisotopic (exact) mass is 290 g/mol. The van der Waals surface area contributed by atoms with Crippen LogP contribution < -0.4 is 5.32 Å². The molecule has 6 heteroatoms. The van der Waals surface area contributed by atoms with Crippen molar-refractivity contribution in [3.05, 3.63) is 44.8 Å². The third kappa shape index (κ3) is 4.77. The Labute approximate surface area is 125 Å². The highest BCUT2D eigenvalue weighted by molar-refractivity contribution is 5.78. The molecule has 0 bridgehead atoms. The number of hydrogen-bond acceptors (Lipinski definition) is 4. The van der Waals surface area contributed by atoms with Crippen LogP contribution >= 0.6 is 0 Å². The van der Waals surface area contributed by atoms with Crippen molar-refractivity contribution in [2.24, 2.45) is 5.11 Å². The number of rotatable bonds is 7. The number of benzene rings is 1. The molecule has 1 aromatic carbocycles. The van der Waals surface area contributed by atoms with Crippen LogP contribution in [-0.2, 0) is 9.53 Å². The molecule has 0 spiro atoms. The molecule has 0 fully saturated rings. The number of azide groups is 1. The van der Waals surface area contributed by atoms with Gasteiger partial charge in [0.1, 0.15) is 6.04 Å². The fourth-order valence-corrected chi connectivity index (χ4v) is 2.14. The lowest BCUT2D eigenvalue weighted by atomic mass is 9.95. The van der Waals surface area contributed by atoms with Crippen LogP contribution in [0.5, 0.6) is 0 Å². The zero-order chi connectivity index (χ0) is 15.8. The SMILES string of the molecule is CCOC(=O)C(NCCN=[N+]=[N-])c1cc(C)c(C)cc1C. The van der Waals surface area contributed by atoms with Gasteiger partial charge in [-0.15, -0.1) is 0 Å². The van der Waals surface area contributed by atoms with Crippen LogP contribution in [-0.4, -0.2) is 25.7 Å². The smallest absolute Gasteiger partial charge is 0.327 e. The summed E-state index contributed by atoms with van der Waals surface area (Å²) in [4.78, 5) is 14.9. The largest absolute Gasteiger partial charge is 0.465 e. The molecule has 0 aliphatic heterocycles. The van der Waals surface area contributed by atoms with Crippen molar-refractivity contribution in [1.29, 1.82) is 0 Å². The van der Waals surface area contributed by atoms with E-state index in [-0.39, 0.29) is 12.5 Å². The minimum atomic E-state index is -0.543. The van der Waals surface area contributed by atoms with Crippen LogP contribution in [0.3, 0.4) is 0 Å². The van der Waals surface area contributed by atoms with Crippen LogP contribution in [0.1, 0.15) is 35.2 Å². The van der Waals surface area contributed by atoms with E-state index in [4.69, 9.17) is 10.3 Å². The molecule has 0 heterocycles. The number of nitrogens with zero attached hydrogens (tertiary/aromatic N) is 3. The molecule has 21 heavy (non-hydrogen) atoms. The molecule has 0 saturated heterocycles. The Morgan fingerprint density at radius 3 is 2.62 bits per heavy atom. The van der Waals surface area contributed by atoms with Gasteiger partial charge in [0.2, 0.25) is 0 Å². The quantitative estimate of drug-likeness (QED) is 0.275. The highest BCUT2D eigenvalue weighted by Gasteiger charge is 2.23. The fourth-order valence-electron chi connectivity index (χ4n) is 2.14. The standard InChI is InChI=1S/C15H22N4O2/c1-5-21-15(20)14(17-6-7-18-19-16)13-9-11(3)10(2)8-12(13)4/h8-9,14,17H,5-7H2,1-4H3. The molecule has 114 valence electrons. The minimum absolute atomic E-state index is 0.288. The van der Waals surface area contributed by atoms with Crippen molar-refractivity contribution in [3.63, 3.8) is 0 Å². The predicted octanol–water partition coefficient (Wildman–Crippen LogP) is 3.12. The molecule has 0 aromatic heterocycles. The minimum Gasteiger partial charge on any atom is -0.465 e. The summed E-state index contributed by atoms with van der Waals surface area (Å²) in [5, 5.41) is 6.57. The average molecular weight is 290 g/mol. The van der Waals surface area contributed by atoms with Crippen molar-refractivity contribution in [2.45, 2.75) is 33.7 Å². The first-order valence-electron chi connectivity index (χ1n) is 6.99. The lowest BCUT2D eigenvalue weighted by Crippen LogP contribution is -2.32. The van der Waals surface area contributed by atoms with E-state index in [1.165, 1.54) is 5.56 Å². The van der Waals surface area contributed by atoms with E-state index < -0.39 is 6.04 Å². The molecule has 0 radical (unpaired) electrons. The van der Waals surface area contributed by atoms with E-state index in [9.17, 15) is 4.79 Å². The number of carbonyl (C=O) groups is 1. The van der Waals surface area contributed by atoms with Gasteiger partial charge in [-0.2, -0.15) is 0 Å². The normalized spacial score (nSPS) is 11.6. The Kier molecular flexibility index (Phi) is 6.72. The van der Waals surface area contributed by atoms with Gasteiger partial charge in [-0.05, 0) is 55.5 Å². The zero-order valence-corrected chi connectivity index (χ0v) is 13.0. The van der Waals surface area contributed by atoms with E-state index >= 15 is 0 Å². The number of ether oxygens (including phenoxy) is 1. The van der Waals surface area contributed by atoms with Crippen LogP contribution in [0, 0.1) is 20.8 Å². The summed E-state index contributed by atoms with van der Waals surface area (Å²) in [7, 11) is 0. The second-order valence-electron chi connectivity index (χ2n) is 4.89. The molecule has 1 rings (SSSR count). The Balaban J connectivity index is 3.02. The molecule has 0 aliphatic carbocycles. The molecule has 1 aromatic rings. The van der Waals surface area contributed by atoms with E-state index in [1.807, 2.05) is 26.8 Å². The lowest BCUT2D eigenvalue weighted by Gasteiger charge is -2.20. The zero-order valence-electron chi connectivity index (χ0n) is 13.0. The van der Waals surface area contributed by atoms with Gasteiger partial charge in [0.15, 0.2) is 0 Å². The predicted molar refractivity (Wildman–Crippen MR) is 82.0 cm³/mol. The van der Waals surface area contributed by atoms with Crippen molar-refractivity contribution >= 4 is 5.97 Å². The van der Waals surface area contributed by atoms with E-state index in [2.05, 4.69) is 21.4 Å². The highest BCUT2D eigenvalue weighted by atomic mass is 16.5. The third-order valence-corrected chi connectivity index (χ3v) is 3.34. The van der Waals surface area contributed by atoms with Gasteiger partial charge in [0.25, 0.3) is 0 Å². The van der Waals surface area contributed by atoms with Gasteiger partial charge >= 0.3 is 5.97 Å². The number of esters is 1. The molecule has 1 unspecified atom stereocenters. The van der Waals surface area contributed by atoms with Gasteiger partial charge in [-0.1, -0.05) is 17.2 Å². The molecule has 0 aliphatic rings. The number of nitrogens with one attached hydrogen (secondary N) is 1. The Morgan fingerprint density at radius 1 is 1.33 bits per heavy atom. The first-order valence-corrected chi connectivity index (χ1v) is 6.99. The highest BCUT2D eigenvalue weighted by Crippen LogP contribution is 2.23. The number of carbonyl (C=O) groups excluding carboxylic acids is 1. The topological polar surface area (TPSA) is 87.1 Å². The molecule has 1 N–H and O–H groups in total. The van der Waals surface area contributed by atoms with Gasteiger partial charge in [0.05, 0.1) is 6.61 Å². The summed E-state index contributed by atoms with van der Waals surface area (Å²) in [6.45, 7) is 8.85. The summed E-state index contributed by atoms with van der Waals surface area (Å²) in [5.41, 5.74) is 12.5. The van der Waals surface area contributed by atoms with Crippen LogP contribution in [0.15, 0.2) is 17.2 Å².